The molecular weight excluding hydrogens is 312 g/mol. The van der Waals surface area contributed by atoms with Gasteiger partial charge in [-0.2, -0.15) is 0 Å². The summed E-state index contributed by atoms with van der Waals surface area (Å²) in [5, 5.41) is 11.3. The lowest BCUT2D eigenvalue weighted by Crippen LogP contribution is -2.38. The van der Waals surface area contributed by atoms with Crippen molar-refractivity contribution in [2.24, 2.45) is 0 Å². The van der Waals surface area contributed by atoms with Crippen LogP contribution in [-0.4, -0.2) is 5.11 Å². The Labute approximate surface area is 128 Å². The molecular formula is C18H19BrO. The number of hydrogen-bond donors (Lipinski definition) is 1. The molecule has 2 aromatic rings. The number of aliphatic hydroxyl groups is 1. The molecule has 0 amide bonds. The third-order valence-electron chi connectivity index (χ3n) is 4.52. The van der Waals surface area contributed by atoms with E-state index in [2.05, 4.69) is 41.9 Å². The van der Waals surface area contributed by atoms with Crippen molar-refractivity contribution < 1.29 is 5.11 Å². The standard InChI is InChI=1S/C18H19BrO/c1-17(2)10-11-18(20,13-6-4-3-5-7-13)15-9-8-14(19)12-16(15)17/h3-9,12,20H,10-11H2,1-2H3/t18-/m0/s1. The van der Waals surface area contributed by atoms with Gasteiger partial charge in [0.2, 0.25) is 0 Å². The predicted octanol–water partition coefficient (Wildman–Crippen LogP) is 4.76. The first-order chi connectivity index (χ1) is 9.43. The van der Waals surface area contributed by atoms with Crippen molar-refractivity contribution in [2.75, 3.05) is 0 Å². The van der Waals surface area contributed by atoms with Gasteiger partial charge >= 0.3 is 0 Å². The summed E-state index contributed by atoms with van der Waals surface area (Å²) in [4.78, 5) is 0. The van der Waals surface area contributed by atoms with Crippen LogP contribution in [0.15, 0.2) is 53.0 Å². The minimum absolute atomic E-state index is 0.0973. The molecule has 1 nitrogen and oxygen atoms in total. The van der Waals surface area contributed by atoms with Crippen LogP contribution in [-0.2, 0) is 11.0 Å². The Morgan fingerprint density at radius 1 is 0.950 bits per heavy atom. The number of halogens is 1. The average molecular weight is 331 g/mol. The Balaban J connectivity index is 2.22. The second-order valence-corrected chi connectivity index (χ2v) is 7.22. The molecule has 0 fully saturated rings. The first kappa shape index (κ1) is 13.8. The highest BCUT2D eigenvalue weighted by molar-refractivity contribution is 9.10. The first-order valence-electron chi connectivity index (χ1n) is 7.02. The van der Waals surface area contributed by atoms with Crippen LogP contribution in [0, 0.1) is 0 Å². The Morgan fingerprint density at radius 2 is 1.65 bits per heavy atom. The van der Waals surface area contributed by atoms with Crippen molar-refractivity contribution in [1.82, 2.24) is 0 Å². The van der Waals surface area contributed by atoms with Gasteiger partial charge in [-0.15, -0.1) is 0 Å². The lowest BCUT2D eigenvalue weighted by molar-refractivity contribution is 0.0496. The molecule has 20 heavy (non-hydrogen) atoms. The molecule has 0 saturated carbocycles. The van der Waals surface area contributed by atoms with Gasteiger partial charge in [0.25, 0.3) is 0 Å². The average Bonchev–Trinajstić information content (AvgIpc) is 2.45. The Bertz CT molecular complexity index is 633. The van der Waals surface area contributed by atoms with Crippen LogP contribution in [0.1, 0.15) is 43.4 Å². The SMILES string of the molecule is CC1(C)CC[C@](O)(c2ccccc2)c2ccc(Br)cc21. The normalized spacial score (nSPS) is 24.2. The summed E-state index contributed by atoms with van der Waals surface area (Å²) in [5.74, 6) is 0. The molecule has 2 heteroatoms. The lowest BCUT2D eigenvalue weighted by Gasteiger charge is -2.42. The quantitative estimate of drug-likeness (QED) is 0.799. The highest BCUT2D eigenvalue weighted by Gasteiger charge is 2.42. The summed E-state index contributed by atoms with van der Waals surface area (Å²) < 4.78 is 1.07. The summed E-state index contributed by atoms with van der Waals surface area (Å²) in [6.07, 6.45) is 1.74. The van der Waals surface area contributed by atoms with Crippen molar-refractivity contribution in [1.29, 1.82) is 0 Å². The summed E-state index contributed by atoms with van der Waals surface area (Å²) in [6, 6.07) is 16.2. The van der Waals surface area contributed by atoms with Crippen LogP contribution < -0.4 is 0 Å². The molecule has 0 saturated heterocycles. The predicted molar refractivity (Wildman–Crippen MR) is 85.8 cm³/mol. The van der Waals surface area contributed by atoms with E-state index in [9.17, 15) is 5.11 Å². The van der Waals surface area contributed by atoms with E-state index in [-0.39, 0.29) is 5.41 Å². The monoisotopic (exact) mass is 330 g/mol. The highest BCUT2D eigenvalue weighted by Crippen LogP contribution is 2.48. The van der Waals surface area contributed by atoms with Crippen LogP contribution in [0.5, 0.6) is 0 Å². The molecule has 104 valence electrons. The van der Waals surface area contributed by atoms with E-state index in [0.717, 1.165) is 28.4 Å². The summed E-state index contributed by atoms with van der Waals surface area (Å²) >= 11 is 3.55. The van der Waals surface area contributed by atoms with Gasteiger partial charge < -0.3 is 5.11 Å². The van der Waals surface area contributed by atoms with Gasteiger partial charge in [-0.25, -0.2) is 0 Å². The Hall–Kier alpha value is -1.12. The van der Waals surface area contributed by atoms with Crippen molar-refractivity contribution in [3.05, 3.63) is 69.7 Å². The van der Waals surface area contributed by atoms with E-state index >= 15 is 0 Å². The van der Waals surface area contributed by atoms with Gasteiger partial charge in [0.15, 0.2) is 0 Å². The minimum Gasteiger partial charge on any atom is -0.380 e. The lowest BCUT2D eigenvalue weighted by atomic mass is 9.65. The number of fused-ring (bicyclic) bond motifs is 1. The maximum atomic E-state index is 11.3. The molecule has 0 spiro atoms. The van der Waals surface area contributed by atoms with Crippen LogP contribution >= 0.6 is 15.9 Å². The maximum Gasteiger partial charge on any atom is 0.115 e. The van der Waals surface area contributed by atoms with Crippen molar-refractivity contribution >= 4 is 15.9 Å². The Morgan fingerprint density at radius 3 is 2.35 bits per heavy atom. The topological polar surface area (TPSA) is 20.2 Å². The second kappa shape index (κ2) is 4.71. The molecule has 3 rings (SSSR count). The smallest absolute Gasteiger partial charge is 0.115 e. The van der Waals surface area contributed by atoms with E-state index in [1.165, 1.54) is 5.56 Å². The van der Waals surface area contributed by atoms with Crippen LogP contribution in [0.2, 0.25) is 0 Å². The highest BCUT2D eigenvalue weighted by atomic mass is 79.9. The number of benzene rings is 2. The van der Waals surface area contributed by atoms with E-state index in [1.54, 1.807) is 0 Å². The van der Waals surface area contributed by atoms with Crippen LogP contribution in [0.3, 0.4) is 0 Å². The molecule has 0 radical (unpaired) electrons. The molecule has 1 atom stereocenters. The van der Waals surface area contributed by atoms with Gasteiger partial charge in [-0.05, 0) is 47.1 Å². The van der Waals surface area contributed by atoms with Crippen LogP contribution in [0.25, 0.3) is 0 Å². The van der Waals surface area contributed by atoms with Gasteiger partial charge in [0.05, 0.1) is 0 Å². The largest absolute Gasteiger partial charge is 0.380 e. The number of hydrogen-bond acceptors (Lipinski definition) is 1. The van der Waals surface area contributed by atoms with Crippen LogP contribution in [0.4, 0.5) is 0 Å². The summed E-state index contributed by atoms with van der Waals surface area (Å²) in [6.45, 7) is 4.51. The van der Waals surface area contributed by atoms with E-state index in [1.807, 2.05) is 36.4 Å². The van der Waals surface area contributed by atoms with Gasteiger partial charge in [-0.1, -0.05) is 66.2 Å². The fourth-order valence-corrected chi connectivity index (χ4v) is 3.57. The third-order valence-corrected chi connectivity index (χ3v) is 5.01. The molecule has 0 bridgehead atoms. The molecule has 0 unspecified atom stereocenters. The Kier molecular flexibility index (Phi) is 3.26. The third kappa shape index (κ3) is 2.11. The first-order valence-corrected chi connectivity index (χ1v) is 7.81. The summed E-state index contributed by atoms with van der Waals surface area (Å²) in [5.41, 5.74) is 2.50. The second-order valence-electron chi connectivity index (χ2n) is 6.30. The van der Waals surface area contributed by atoms with Crippen molar-refractivity contribution in [3.8, 4) is 0 Å². The zero-order valence-corrected chi connectivity index (χ0v) is 13.4. The van der Waals surface area contributed by atoms with Crippen molar-refractivity contribution in [2.45, 2.75) is 37.7 Å². The fraction of sp³-hybridized carbons (Fsp3) is 0.333. The van der Waals surface area contributed by atoms with Gasteiger partial charge in [0.1, 0.15) is 5.60 Å². The molecule has 2 aromatic carbocycles. The zero-order chi connectivity index (χ0) is 14.4. The number of rotatable bonds is 1. The molecule has 0 aliphatic heterocycles. The molecule has 1 aliphatic carbocycles. The summed E-state index contributed by atoms with van der Waals surface area (Å²) in [7, 11) is 0. The van der Waals surface area contributed by atoms with E-state index < -0.39 is 5.60 Å². The van der Waals surface area contributed by atoms with Gasteiger partial charge in [0, 0.05) is 4.47 Å². The van der Waals surface area contributed by atoms with Crippen molar-refractivity contribution in [3.63, 3.8) is 0 Å². The maximum absolute atomic E-state index is 11.3. The molecule has 0 aromatic heterocycles. The molecule has 0 heterocycles. The van der Waals surface area contributed by atoms with E-state index in [4.69, 9.17) is 0 Å². The molecule has 1 N–H and O–H groups in total. The minimum atomic E-state index is -0.868. The van der Waals surface area contributed by atoms with Gasteiger partial charge in [-0.3, -0.25) is 0 Å². The fourth-order valence-electron chi connectivity index (χ4n) is 3.21. The molecule has 1 aliphatic rings. The van der Waals surface area contributed by atoms with E-state index in [0.29, 0.717) is 0 Å². The zero-order valence-electron chi connectivity index (χ0n) is 11.9.